The van der Waals surface area contributed by atoms with E-state index in [4.69, 9.17) is 10.5 Å². The number of nitrogens with two attached hydrogens (primary N) is 1. The molecule has 5 heteroatoms. The summed E-state index contributed by atoms with van der Waals surface area (Å²) in [6.45, 7) is 3.63. The maximum Gasteiger partial charge on any atom is 0.141 e. The zero-order chi connectivity index (χ0) is 11.5. The number of hydrogen-bond donors (Lipinski definition) is 1. The molecule has 0 bridgehead atoms. The lowest BCUT2D eigenvalue weighted by molar-refractivity contribution is 0.0780. The molecule has 1 aromatic heterocycles. The number of aromatic nitrogens is 2. The fourth-order valence-electron chi connectivity index (χ4n) is 1.89. The topological polar surface area (TPSA) is 61.0 Å². The van der Waals surface area contributed by atoms with Crippen molar-refractivity contribution in [3.05, 3.63) is 16.0 Å². The third kappa shape index (κ3) is 2.35. The Morgan fingerprint density at radius 2 is 2.31 bits per heavy atom. The number of halogens is 1. The van der Waals surface area contributed by atoms with E-state index in [0.29, 0.717) is 18.3 Å². The maximum absolute atomic E-state index is 5.86. The summed E-state index contributed by atoms with van der Waals surface area (Å²) in [5.41, 5.74) is 6.84. The quantitative estimate of drug-likeness (QED) is 0.906. The molecule has 88 valence electrons. The van der Waals surface area contributed by atoms with Gasteiger partial charge in [0.15, 0.2) is 0 Å². The fraction of sp³-hybridized carbons (Fsp3) is 0.636. The predicted molar refractivity (Wildman–Crippen MR) is 66.3 cm³/mol. The molecule has 0 amide bonds. The Balaban J connectivity index is 2.29. The lowest BCUT2D eigenvalue weighted by Crippen LogP contribution is -2.19. The molecule has 0 radical (unpaired) electrons. The third-order valence-electron chi connectivity index (χ3n) is 2.82. The first-order valence-electron chi connectivity index (χ1n) is 5.62. The van der Waals surface area contributed by atoms with E-state index in [1.54, 1.807) is 0 Å². The smallest absolute Gasteiger partial charge is 0.141 e. The van der Waals surface area contributed by atoms with E-state index in [-0.39, 0.29) is 0 Å². The monoisotopic (exact) mass is 285 g/mol. The van der Waals surface area contributed by atoms with Gasteiger partial charge in [-0.15, -0.1) is 0 Å². The molecule has 1 unspecified atom stereocenters. The number of anilines is 1. The number of aryl methyl sites for hydroxylation is 1. The van der Waals surface area contributed by atoms with Gasteiger partial charge in [-0.25, -0.2) is 9.97 Å². The summed E-state index contributed by atoms with van der Waals surface area (Å²) in [4.78, 5) is 8.90. The number of hydrogen-bond acceptors (Lipinski definition) is 4. The lowest BCUT2D eigenvalue weighted by atomic mass is 10.0. The summed E-state index contributed by atoms with van der Waals surface area (Å²) in [5.74, 6) is 1.67. The molecule has 16 heavy (non-hydrogen) atoms. The first kappa shape index (κ1) is 11.8. The fourth-order valence-corrected chi connectivity index (χ4v) is 2.35. The molecule has 1 fully saturated rings. The highest BCUT2D eigenvalue weighted by atomic mass is 79.9. The van der Waals surface area contributed by atoms with Gasteiger partial charge < -0.3 is 10.5 Å². The summed E-state index contributed by atoms with van der Waals surface area (Å²) in [7, 11) is 0. The molecule has 4 nitrogen and oxygen atoms in total. The van der Waals surface area contributed by atoms with Gasteiger partial charge in [-0.2, -0.15) is 0 Å². The van der Waals surface area contributed by atoms with Crippen LogP contribution in [0.1, 0.15) is 37.2 Å². The van der Waals surface area contributed by atoms with Gasteiger partial charge in [0.05, 0.1) is 16.8 Å². The summed E-state index contributed by atoms with van der Waals surface area (Å²) < 4.78 is 6.28. The Morgan fingerprint density at radius 1 is 1.50 bits per heavy atom. The molecule has 2 rings (SSSR count). The van der Waals surface area contributed by atoms with Crippen molar-refractivity contribution in [1.82, 2.24) is 9.97 Å². The minimum atomic E-state index is 0.300. The van der Waals surface area contributed by atoms with E-state index in [9.17, 15) is 0 Å². The molecule has 1 aromatic rings. The SMILES string of the molecule is CCc1nc(C2CCCOC2)nc(N)c1Br. The van der Waals surface area contributed by atoms with Crippen molar-refractivity contribution in [2.45, 2.75) is 32.1 Å². The molecule has 1 atom stereocenters. The van der Waals surface area contributed by atoms with Crippen molar-refractivity contribution >= 4 is 21.7 Å². The van der Waals surface area contributed by atoms with Crippen molar-refractivity contribution in [1.29, 1.82) is 0 Å². The number of rotatable bonds is 2. The van der Waals surface area contributed by atoms with Gasteiger partial charge in [0, 0.05) is 12.5 Å². The molecule has 1 aliphatic rings. The van der Waals surface area contributed by atoms with Crippen LogP contribution in [0, 0.1) is 0 Å². The highest BCUT2D eigenvalue weighted by Gasteiger charge is 2.20. The van der Waals surface area contributed by atoms with E-state index < -0.39 is 0 Å². The third-order valence-corrected chi connectivity index (χ3v) is 3.69. The van der Waals surface area contributed by atoms with E-state index in [2.05, 4.69) is 32.8 Å². The Bertz CT molecular complexity index is 378. The zero-order valence-electron chi connectivity index (χ0n) is 9.37. The second kappa shape index (κ2) is 5.10. The van der Waals surface area contributed by atoms with Crippen LogP contribution >= 0.6 is 15.9 Å². The van der Waals surface area contributed by atoms with Crippen LogP contribution in [-0.2, 0) is 11.2 Å². The molecule has 0 aliphatic carbocycles. The van der Waals surface area contributed by atoms with Crippen LogP contribution in [0.15, 0.2) is 4.47 Å². The second-order valence-electron chi connectivity index (χ2n) is 4.00. The summed E-state index contributed by atoms with van der Waals surface area (Å²) in [6, 6.07) is 0. The minimum Gasteiger partial charge on any atom is -0.383 e. The standard InChI is InChI=1S/C11H16BrN3O/c1-2-8-9(12)10(13)15-11(14-8)7-4-3-5-16-6-7/h7H,2-6H2,1H3,(H2,13,14,15). The molecular weight excluding hydrogens is 270 g/mol. The average molecular weight is 286 g/mol. The summed E-state index contributed by atoms with van der Waals surface area (Å²) in [5, 5.41) is 0. The van der Waals surface area contributed by atoms with Crippen LogP contribution in [0.2, 0.25) is 0 Å². The highest BCUT2D eigenvalue weighted by Crippen LogP contribution is 2.27. The number of ether oxygens (including phenoxy) is 1. The second-order valence-corrected chi connectivity index (χ2v) is 4.79. The van der Waals surface area contributed by atoms with Crippen LogP contribution in [0.25, 0.3) is 0 Å². The summed E-state index contributed by atoms with van der Waals surface area (Å²) >= 11 is 3.42. The van der Waals surface area contributed by atoms with Crippen molar-refractivity contribution in [2.75, 3.05) is 18.9 Å². The van der Waals surface area contributed by atoms with E-state index in [0.717, 1.165) is 41.9 Å². The Hall–Kier alpha value is -0.680. The van der Waals surface area contributed by atoms with Gasteiger partial charge >= 0.3 is 0 Å². The maximum atomic E-state index is 5.86. The van der Waals surface area contributed by atoms with Gasteiger partial charge in [0.2, 0.25) is 0 Å². The van der Waals surface area contributed by atoms with E-state index >= 15 is 0 Å². The molecule has 0 aromatic carbocycles. The molecule has 1 saturated heterocycles. The predicted octanol–water partition coefficient (Wildman–Crippen LogP) is 2.28. The zero-order valence-corrected chi connectivity index (χ0v) is 11.0. The Kier molecular flexibility index (Phi) is 3.76. The average Bonchev–Trinajstić information content (AvgIpc) is 2.33. The first-order chi connectivity index (χ1) is 7.72. The van der Waals surface area contributed by atoms with Gasteiger partial charge in [-0.05, 0) is 35.2 Å². The van der Waals surface area contributed by atoms with Crippen LogP contribution < -0.4 is 5.73 Å². The first-order valence-corrected chi connectivity index (χ1v) is 6.41. The number of nitrogens with zero attached hydrogens (tertiary/aromatic N) is 2. The normalized spacial score (nSPS) is 21.0. The molecule has 0 spiro atoms. The van der Waals surface area contributed by atoms with Gasteiger partial charge in [0.25, 0.3) is 0 Å². The summed E-state index contributed by atoms with van der Waals surface area (Å²) in [6.07, 6.45) is 3.02. The van der Waals surface area contributed by atoms with E-state index in [1.165, 1.54) is 0 Å². The Morgan fingerprint density at radius 3 is 2.94 bits per heavy atom. The van der Waals surface area contributed by atoms with Gasteiger partial charge in [-0.1, -0.05) is 6.92 Å². The largest absolute Gasteiger partial charge is 0.383 e. The van der Waals surface area contributed by atoms with Crippen LogP contribution in [0.5, 0.6) is 0 Å². The van der Waals surface area contributed by atoms with Crippen molar-refractivity contribution in [3.63, 3.8) is 0 Å². The molecule has 1 aliphatic heterocycles. The van der Waals surface area contributed by atoms with Crippen LogP contribution in [0.3, 0.4) is 0 Å². The Labute approximate surface area is 104 Å². The molecule has 2 N–H and O–H groups in total. The molecule has 2 heterocycles. The van der Waals surface area contributed by atoms with E-state index in [1.807, 2.05) is 0 Å². The van der Waals surface area contributed by atoms with Crippen molar-refractivity contribution < 1.29 is 4.74 Å². The molecule has 0 saturated carbocycles. The lowest BCUT2D eigenvalue weighted by Gasteiger charge is -2.21. The van der Waals surface area contributed by atoms with Gasteiger partial charge in [0.1, 0.15) is 11.6 Å². The van der Waals surface area contributed by atoms with Crippen LogP contribution in [-0.4, -0.2) is 23.2 Å². The minimum absolute atomic E-state index is 0.300. The highest BCUT2D eigenvalue weighted by molar-refractivity contribution is 9.10. The van der Waals surface area contributed by atoms with Crippen molar-refractivity contribution in [2.24, 2.45) is 0 Å². The molecular formula is C11H16BrN3O. The van der Waals surface area contributed by atoms with Gasteiger partial charge in [-0.3, -0.25) is 0 Å². The number of nitrogen functional groups attached to an aromatic ring is 1. The van der Waals surface area contributed by atoms with Crippen LogP contribution in [0.4, 0.5) is 5.82 Å². The van der Waals surface area contributed by atoms with Crippen molar-refractivity contribution in [3.8, 4) is 0 Å².